The normalized spacial score (nSPS) is 12.9. The van der Waals surface area contributed by atoms with Crippen molar-refractivity contribution in [3.63, 3.8) is 0 Å². The topological polar surface area (TPSA) is 35.6 Å². The summed E-state index contributed by atoms with van der Waals surface area (Å²) in [6, 6.07) is 83.7. The third-order valence-electron chi connectivity index (χ3n) is 14.7. The second kappa shape index (κ2) is 15.1. The van der Waals surface area contributed by atoms with Gasteiger partial charge >= 0.3 is 0 Å². The maximum Gasteiger partial charge on any atom is 0.160 e. The Morgan fingerprint density at radius 3 is 1.41 bits per heavy atom. The molecule has 0 saturated carbocycles. The molecule has 4 heteroatoms. The number of fused-ring (bicyclic) bond motifs is 10. The molecule has 0 amide bonds. The van der Waals surface area contributed by atoms with Gasteiger partial charge in [0.25, 0.3) is 0 Å². The first-order valence-electron chi connectivity index (χ1n) is 23.8. The number of rotatable bonds is 6. The molecule has 0 aliphatic heterocycles. The molecule has 0 radical (unpaired) electrons. The highest BCUT2D eigenvalue weighted by molar-refractivity contribution is 6.11. The maximum absolute atomic E-state index is 5.46. The van der Waals surface area contributed by atoms with E-state index in [9.17, 15) is 0 Å². The Balaban J connectivity index is 1.00. The second-order valence-electron chi connectivity index (χ2n) is 19.0. The molecule has 1 aliphatic rings. The van der Waals surface area contributed by atoms with E-state index < -0.39 is 0 Å². The maximum atomic E-state index is 5.46. The van der Waals surface area contributed by atoms with Gasteiger partial charge in [-0.2, -0.15) is 0 Å². The van der Waals surface area contributed by atoms with Crippen molar-refractivity contribution in [2.75, 3.05) is 0 Å². The molecule has 4 nitrogen and oxygen atoms in total. The SMILES string of the molecule is CC1(C)c2cc3ccccc3cc2-c2c(-c3cccc(-c4cc(-c5cc(-n6c7ccccc7c7ccccc76)cc(-n6c7ccccc7c7ccccc76)c5)nc(-c5ccccc5)n4)c3)cccc21. The summed E-state index contributed by atoms with van der Waals surface area (Å²) in [6.07, 6.45) is 0. The number of para-hydroxylation sites is 4. The van der Waals surface area contributed by atoms with Crippen LogP contribution >= 0.6 is 0 Å². The van der Waals surface area contributed by atoms with E-state index in [1.807, 2.05) is 6.07 Å². The quantitative estimate of drug-likeness (QED) is 0.167. The van der Waals surface area contributed by atoms with Crippen molar-refractivity contribution in [3.8, 4) is 67.5 Å². The standard InChI is InChI=1S/C65H44N4/c1-65(2)55-29-17-28-49(63(55)54-37-42-20-6-7-21-43(42)38-56(54)65)44-22-16-23-45(34-44)57-40-58(67-64(66-57)41-18-4-3-5-19-41)46-35-47(68-59-30-12-8-24-50(59)51-25-9-13-31-60(51)68)39-48(36-46)69-61-32-14-10-26-52(61)53-27-11-15-33-62(53)69/h3-40H,1-2H3. The summed E-state index contributed by atoms with van der Waals surface area (Å²) in [6.45, 7) is 4.73. The van der Waals surface area contributed by atoms with Crippen molar-refractivity contribution >= 4 is 54.4 Å². The summed E-state index contributed by atoms with van der Waals surface area (Å²) in [5, 5.41) is 7.41. The zero-order valence-electron chi connectivity index (χ0n) is 38.2. The van der Waals surface area contributed by atoms with Crippen molar-refractivity contribution in [3.05, 3.63) is 242 Å². The highest BCUT2D eigenvalue weighted by atomic mass is 15.0. The first-order chi connectivity index (χ1) is 34.0. The van der Waals surface area contributed by atoms with Crippen molar-refractivity contribution in [2.24, 2.45) is 0 Å². The fourth-order valence-electron chi connectivity index (χ4n) is 11.4. The molecule has 14 rings (SSSR count). The zero-order chi connectivity index (χ0) is 45.8. The Labute approximate surface area is 400 Å². The molecule has 324 valence electrons. The van der Waals surface area contributed by atoms with Crippen molar-refractivity contribution < 1.29 is 0 Å². The van der Waals surface area contributed by atoms with Crippen molar-refractivity contribution in [1.29, 1.82) is 0 Å². The third kappa shape index (κ3) is 6.08. The summed E-state index contributed by atoms with van der Waals surface area (Å²) in [5.74, 6) is 0.678. The van der Waals surface area contributed by atoms with E-state index in [1.165, 1.54) is 60.1 Å². The van der Waals surface area contributed by atoms with E-state index in [4.69, 9.17) is 9.97 Å². The number of benzene rings is 10. The van der Waals surface area contributed by atoms with Gasteiger partial charge in [-0.15, -0.1) is 0 Å². The van der Waals surface area contributed by atoms with Crippen LogP contribution in [0.5, 0.6) is 0 Å². The van der Waals surface area contributed by atoms with Crippen LogP contribution in [0, 0.1) is 0 Å². The van der Waals surface area contributed by atoms with Crippen LogP contribution in [0.15, 0.2) is 231 Å². The van der Waals surface area contributed by atoms with Crippen LogP contribution in [0.2, 0.25) is 0 Å². The second-order valence-corrected chi connectivity index (χ2v) is 19.0. The van der Waals surface area contributed by atoms with Crippen molar-refractivity contribution in [1.82, 2.24) is 19.1 Å². The minimum atomic E-state index is -0.139. The van der Waals surface area contributed by atoms with Gasteiger partial charge in [0.1, 0.15) is 0 Å². The third-order valence-corrected chi connectivity index (χ3v) is 14.7. The molecular weight excluding hydrogens is 837 g/mol. The van der Waals surface area contributed by atoms with Gasteiger partial charge in [0.05, 0.1) is 33.5 Å². The summed E-state index contributed by atoms with van der Waals surface area (Å²) in [4.78, 5) is 10.8. The molecule has 0 atom stereocenters. The van der Waals surface area contributed by atoms with E-state index in [0.29, 0.717) is 5.82 Å². The van der Waals surface area contributed by atoms with Gasteiger partial charge in [0, 0.05) is 55.0 Å². The minimum Gasteiger partial charge on any atom is -0.309 e. The van der Waals surface area contributed by atoms with Crippen LogP contribution in [-0.4, -0.2) is 19.1 Å². The Bertz CT molecular complexity index is 3990. The Kier molecular flexibility index (Phi) is 8.59. The Morgan fingerprint density at radius 2 is 0.812 bits per heavy atom. The molecule has 0 spiro atoms. The van der Waals surface area contributed by atoms with Crippen LogP contribution in [0.3, 0.4) is 0 Å². The van der Waals surface area contributed by atoms with Crippen LogP contribution in [0.4, 0.5) is 0 Å². The lowest BCUT2D eigenvalue weighted by molar-refractivity contribution is 0.661. The molecule has 0 bridgehead atoms. The molecule has 0 N–H and O–H groups in total. The van der Waals surface area contributed by atoms with Gasteiger partial charge in [-0.05, 0) is 111 Å². The lowest BCUT2D eigenvalue weighted by Crippen LogP contribution is -2.14. The lowest BCUT2D eigenvalue weighted by atomic mass is 9.81. The van der Waals surface area contributed by atoms with E-state index in [-0.39, 0.29) is 5.41 Å². The number of nitrogens with zero attached hydrogens (tertiary/aromatic N) is 4. The molecular formula is C65H44N4. The van der Waals surface area contributed by atoms with Gasteiger partial charge in [-0.25, -0.2) is 9.97 Å². The largest absolute Gasteiger partial charge is 0.309 e. The Hall–Kier alpha value is -8.86. The van der Waals surface area contributed by atoms with Gasteiger partial charge in [-0.1, -0.05) is 178 Å². The van der Waals surface area contributed by atoms with Crippen LogP contribution in [0.25, 0.3) is 122 Å². The van der Waals surface area contributed by atoms with E-state index >= 15 is 0 Å². The average Bonchev–Trinajstić information content (AvgIpc) is 4.01. The first kappa shape index (κ1) is 39.3. The number of hydrogen-bond donors (Lipinski definition) is 0. The van der Waals surface area contributed by atoms with Crippen LogP contribution in [-0.2, 0) is 5.41 Å². The highest BCUT2D eigenvalue weighted by Crippen LogP contribution is 2.53. The van der Waals surface area contributed by atoms with Gasteiger partial charge in [-0.3, -0.25) is 0 Å². The smallest absolute Gasteiger partial charge is 0.160 e. The predicted molar refractivity (Wildman–Crippen MR) is 288 cm³/mol. The van der Waals surface area contributed by atoms with Gasteiger partial charge < -0.3 is 9.13 Å². The molecule has 3 aromatic heterocycles. The Morgan fingerprint density at radius 1 is 0.333 bits per heavy atom. The molecule has 0 fully saturated rings. The fourth-order valence-corrected chi connectivity index (χ4v) is 11.4. The molecule has 0 saturated heterocycles. The first-order valence-corrected chi connectivity index (χ1v) is 23.8. The number of hydrogen-bond acceptors (Lipinski definition) is 2. The molecule has 1 aliphatic carbocycles. The van der Waals surface area contributed by atoms with Crippen LogP contribution < -0.4 is 0 Å². The average molecular weight is 881 g/mol. The number of aromatic nitrogens is 4. The predicted octanol–water partition coefficient (Wildman–Crippen LogP) is 16.8. The molecule has 10 aromatic carbocycles. The monoisotopic (exact) mass is 880 g/mol. The molecule has 69 heavy (non-hydrogen) atoms. The molecule has 3 heterocycles. The summed E-state index contributed by atoms with van der Waals surface area (Å²) in [5.41, 5.74) is 19.0. The zero-order valence-corrected chi connectivity index (χ0v) is 38.2. The van der Waals surface area contributed by atoms with E-state index in [0.717, 1.165) is 67.1 Å². The molecule has 13 aromatic rings. The van der Waals surface area contributed by atoms with E-state index in [1.54, 1.807) is 0 Å². The van der Waals surface area contributed by atoms with Gasteiger partial charge in [0.15, 0.2) is 5.82 Å². The lowest BCUT2D eigenvalue weighted by Gasteiger charge is -2.22. The molecule has 0 unspecified atom stereocenters. The van der Waals surface area contributed by atoms with Crippen LogP contribution in [0.1, 0.15) is 25.0 Å². The minimum absolute atomic E-state index is 0.139. The van der Waals surface area contributed by atoms with Crippen molar-refractivity contribution in [2.45, 2.75) is 19.3 Å². The van der Waals surface area contributed by atoms with E-state index in [2.05, 4.69) is 247 Å². The highest BCUT2D eigenvalue weighted by Gasteiger charge is 2.37. The summed E-state index contributed by atoms with van der Waals surface area (Å²) < 4.78 is 4.82. The van der Waals surface area contributed by atoms with Gasteiger partial charge in [0.2, 0.25) is 0 Å². The summed E-state index contributed by atoms with van der Waals surface area (Å²) in [7, 11) is 0. The summed E-state index contributed by atoms with van der Waals surface area (Å²) >= 11 is 0. The fraction of sp³-hybridized carbons (Fsp3) is 0.0462.